The summed E-state index contributed by atoms with van der Waals surface area (Å²) in [5, 5.41) is 16.3. The molecular weight excluding hydrogens is 630 g/mol. The van der Waals surface area contributed by atoms with Crippen LogP contribution in [-0.4, -0.2) is 46.1 Å². The number of anilines is 1. The average Bonchev–Trinajstić information content (AvgIpc) is 3.65. The summed E-state index contributed by atoms with van der Waals surface area (Å²) in [6.45, 7) is 6.33. The molecule has 4 bridgehead atoms. The van der Waals surface area contributed by atoms with Gasteiger partial charge in [0.2, 0.25) is 11.6 Å². The summed E-state index contributed by atoms with van der Waals surface area (Å²) in [4.78, 5) is 47.4. The van der Waals surface area contributed by atoms with Gasteiger partial charge in [-0.1, -0.05) is 51.1 Å². The Morgan fingerprint density at radius 2 is 1.81 bits per heavy atom. The van der Waals surface area contributed by atoms with Crippen molar-refractivity contribution in [3.05, 3.63) is 47.0 Å². The Morgan fingerprint density at radius 3 is 2.52 bits per heavy atom. The molecule has 2 unspecified atom stereocenters. The molecule has 2 spiro atoms. The number of rotatable bonds is 9. The molecule has 12 heteroatoms. The second-order valence-electron chi connectivity index (χ2n) is 15.4. The van der Waals surface area contributed by atoms with Gasteiger partial charge in [0.15, 0.2) is 5.13 Å². The van der Waals surface area contributed by atoms with Crippen molar-refractivity contribution in [3.63, 3.8) is 0 Å². The number of nitrogens with one attached hydrogen (secondary N) is 3. The van der Waals surface area contributed by atoms with E-state index >= 15 is 0 Å². The lowest BCUT2D eigenvalue weighted by atomic mass is 9.53. The quantitative estimate of drug-likeness (QED) is 0.188. The Morgan fingerprint density at radius 1 is 1.08 bits per heavy atom. The summed E-state index contributed by atoms with van der Waals surface area (Å²) < 4.78 is 12.6. The highest BCUT2D eigenvalue weighted by molar-refractivity contribution is 7.14. The smallest absolute Gasteiger partial charge is 0.407 e. The number of amides is 2. The van der Waals surface area contributed by atoms with Crippen LogP contribution in [0.3, 0.4) is 0 Å². The predicted molar refractivity (Wildman–Crippen MR) is 181 cm³/mol. The number of hydrogen-bond donors (Lipinski definition) is 3. The van der Waals surface area contributed by atoms with Crippen molar-refractivity contribution in [2.75, 3.05) is 5.32 Å². The summed E-state index contributed by atoms with van der Waals surface area (Å²) in [6.07, 6.45) is 7.96. The van der Waals surface area contributed by atoms with E-state index in [-0.39, 0.29) is 30.2 Å². The molecule has 1 saturated heterocycles. The van der Waals surface area contributed by atoms with E-state index in [2.05, 4.69) is 20.6 Å². The summed E-state index contributed by atoms with van der Waals surface area (Å²) in [5.74, 6) is 0.459. The number of carbonyl (C=O) groups excluding carboxylic acids is 2. The minimum absolute atomic E-state index is 0.140. The molecule has 2 atom stereocenters. The molecule has 0 radical (unpaired) electrons. The van der Waals surface area contributed by atoms with Crippen LogP contribution in [0.2, 0.25) is 0 Å². The van der Waals surface area contributed by atoms with Crippen LogP contribution in [0, 0.1) is 34.5 Å². The van der Waals surface area contributed by atoms with E-state index in [9.17, 15) is 9.59 Å². The van der Waals surface area contributed by atoms with Gasteiger partial charge in [0.25, 0.3) is 5.91 Å². The number of thiazole rings is 1. The van der Waals surface area contributed by atoms with Crippen LogP contribution < -0.4 is 10.6 Å². The molecule has 2 heterocycles. The van der Waals surface area contributed by atoms with Crippen molar-refractivity contribution >= 4 is 39.9 Å². The Labute approximate surface area is 286 Å². The van der Waals surface area contributed by atoms with Crippen molar-refractivity contribution in [3.8, 4) is 0 Å². The fourth-order valence-corrected chi connectivity index (χ4v) is 9.12. The molecule has 1 aliphatic heterocycles. The largest absolute Gasteiger partial charge is 0.446 e. The summed E-state index contributed by atoms with van der Waals surface area (Å²) >= 11 is 1.26. The third-order valence-corrected chi connectivity index (χ3v) is 11.6. The molecule has 11 nitrogen and oxygen atoms in total. The fourth-order valence-electron chi connectivity index (χ4n) is 8.41. The van der Waals surface area contributed by atoms with Crippen LogP contribution in [0.1, 0.15) is 96.2 Å². The maximum Gasteiger partial charge on any atom is 0.407 e. The first kappa shape index (κ1) is 33.3. The van der Waals surface area contributed by atoms with E-state index in [0.29, 0.717) is 41.3 Å². The highest BCUT2D eigenvalue weighted by atomic mass is 32.1. The van der Waals surface area contributed by atoms with Crippen LogP contribution in [-0.2, 0) is 37.1 Å². The first-order valence-electron chi connectivity index (χ1n) is 17.4. The average molecular weight is 678 g/mol. The number of nitrogens with zero attached hydrogens (tertiary/aromatic N) is 2. The molecule has 8 rings (SSSR count). The Kier molecular flexibility index (Phi) is 9.20. The molecule has 5 saturated carbocycles. The molecule has 6 fully saturated rings. The van der Waals surface area contributed by atoms with Crippen LogP contribution in [0.4, 0.5) is 9.93 Å². The van der Waals surface area contributed by atoms with Gasteiger partial charge in [-0.15, -0.1) is 11.3 Å². The second kappa shape index (κ2) is 13.3. The lowest BCUT2D eigenvalue weighted by Crippen LogP contribution is -2.59. The van der Waals surface area contributed by atoms with Crippen LogP contribution in [0.15, 0.2) is 40.7 Å². The van der Waals surface area contributed by atoms with E-state index in [4.69, 9.17) is 24.7 Å². The number of aliphatic imine (C=N–C) groups is 1. The normalized spacial score (nSPS) is 32.5. The van der Waals surface area contributed by atoms with Gasteiger partial charge in [0.05, 0.1) is 18.8 Å². The maximum absolute atomic E-state index is 13.3. The Hall–Kier alpha value is -3.19. The number of benzene rings is 1. The lowest BCUT2D eigenvalue weighted by molar-refractivity contribution is -0.390. The monoisotopic (exact) mass is 677 g/mol. The number of aromatic nitrogens is 1. The first-order chi connectivity index (χ1) is 23.0. The molecule has 6 aliphatic rings. The zero-order valence-electron chi connectivity index (χ0n) is 28.1. The number of ether oxygens (including phenoxy) is 2. The summed E-state index contributed by atoms with van der Waals surface area (Å²) in [5.41, 5.74) is 1.88. The van der Waals surface area contributed by atoms with Gasteiger partial charge in [-0.3, -0.25) is 15.1 Å². The first-order valence-corrected chi connectivity index (χ1v) is 18.3. The molecule has 2 amide bonds. The van der Waals surface area contributed by atoms with Gasteiger partial charge in [0, 0.05) is 42.2 Å². The molecular formula is C36H47N5O6S. The van der Waals surface area contributed by atoms with Crippen LogP contribution in [0.25, 0.3) is 0 Å². The number of alkyl carbamates (subject to hydrolysis) is 1. The van der Waals surface area contributed by atoms with E-state index < -0.39 is 23.6 Å². The van der Waals surface area contributed by atoms with E-state index in [1.54, 1.807) is 5.38 Å². The molecule has 48 heavy (non-hydrogen) atoms. The van der Waals surface area contributed by atoms with Crippen LogP contribution in [0.5, 0.6) is 0 Å². The highest BCUT2D eigenvalue weighted by Gasteiger charge is 2.67. The van der Waals surface area contributed by atoms with Gasteiger partial charge >= 0.3 is 6.09 Å². The topological polar surface area (TPSA) is 144 Å². The van der Waals surface area contributed by atoms with Crippen molar-refractivity contribution in [1.29, 1.82) is 5.41 Å². The van der Waals surface area contributed by atoms with Crippen molar-refractivity contribution < 1.29 is 28.8 Å². The summed E-state index contributed by atoms with van der Waals surface area (Å²) in [6, 6.07) is 9.70. The van der Waals surface area contributed by atoms with Gasteiger partial charge in [-0.25, -0.2) is 9.78 Å². The molecule has 2 aromatic rings. The van der Waals surface area contributed by atoms with E-state index in [1.807, 2.05) is 51.1 Å². The zero-order chi connectivity index (χ0) is 33.5. The molecule has 3 N–H and O–H groups in total. The van der Waals surface area contributed by atoms with Crippen molar-refractivity contribution in [2.45, 2.75) is 116 Å². The Bertz CT molecular complexity index is 1530. The molecule has 258 valence electrons. The van der Waals surface area contributed by atoms with Gasteiger partial charge in [-0.05, 0) is 67.8 Å². The van der Waals surface area contributed by atoms with Crippen molar-refractivity contribution in [1.82, 2.24) is 10.3 Å². The van der Waals surface area contributed by atoms with Gasteiger partial charge < -0.3 is 20.2 Å². The lowest BCUT2D eigenvalue weighted by Gasteiger charge is -2.57. The fraction of sp³-hybridized carbons (Fsp3) is 0.639. The van der Waals surface area contributed by atoms with Gasteiger partial charge in [0.1, 0.15) is 11.8 Å². The zero-order valence-corrected chi connectivity index (χ0v) is 28.9. The SMILES string of the molecule is CC(C)(C)C(=N)CC(=NCc1ccccc1)C(=O)Nc1nc(CNC(=O)OC2CCCC3(C2)OOC2(O3)C3CC4CC(C3)CC2C4)cs1. The molecule has 1 aromatic carbocycles. The molecule has 5 aliphatic carbocycles. The highest BCUT2D eigenvalue weighted by Crippen LogP contribution is 2.63. The van der Waals surface area contributed by atoms with E-state index in [0.717, 1.165) is 62.3 Å². The number of hydrogen-bond acceptors (Lipinski definition) is 10. The third-order valence-electron chi connectivity index (χ3n) is 10.8. The van der Waals surface area contributed by atoms with Gasteiger partial charge in [-0.2, -0.15) is 9.78 Å². The predicted octanol–water partition coefficient (Wildman–Crippen LogP) is 7.17. The third kappa shape index (κ3) is 7.08. The maximum atomic E-state index is 13.3. The summed E-state index contributed by atoms with van der Waals surface area (Å²) in [7, 11) is 0. The van der Waals surface area contributed by atoms with Crippen LogP contribution >= 0.6 is 11.3 Å². The Balaban J connectivity index is 0.908. The minimum atomic E-state index is -0.866. The van der Waals surface area contributed by atoms with Crippen molar-refractivity contribution in [2.24, 2.45) is 34.1 Å². The second-order valence-corrected chi connectivity index (χ2v) is 16.3. The minimum Gasteiger partial charge on any atom is -0.446 e. The molecule has 1 aromatic heterocycles. The van der Waals surface area contributed by atoms with E-state index in [1.165, 1.54) is 17.8 Å². The number of carbonyl (C=O) groups is 2. The standard InChI is InChI=1S/C36H47N5O6S/c1-34(2,3)30(37)17-29(38-19-22-8-5-4-6-9-22)31(42)41-32-40-27(21-48-32)20-39-33(43)44-28-10-7-11-35(18-28)45-36(47-46-35)25-13-23-12-24(15-25)16-26(36)14-23/h4-6,8-9,21,23-26,28,37H,7,10-20H2,1-3H3,(H,39,43)(H,40,41,42).